The Morgan fingerprint density at radius 3 is 2.04 bits per heavy atom. The molecule has 13 nitrogen and oxygen atoms in total. The fraction of sp³-hybridized carbons (Fsp3) is 0.744. The van der Waals surface area contributed by atoms with Crippen LogP contribution in [0.25, 0.3) is 0 Å². The molecule has 52 heavy (non-hydrogen) atoms. The third-order valence-corrected chi connectivity index (χ3v) is 10.8. The van der Waals surface area contributed by atoms with Crippen molar-refractivity contribution in [3.05, 3.63) is 35.9 Å². The Labute approximate surface area is 311 Å². The molecule has 4 N–H and O–H groups in total. The molecule has 13 heteroatoms. The van der Waals surface area contributed by atoms with Crippen molar-refractivity contribution in [1.82, 2.24) is 25.3 Å². The van der Waals surface area contributed by atoms with Crippen LogP contribution in [0.2, 0.25) is 0 Å². The van der Waals surface area contributed by atoms with Gasteiger partial charge in [0.25, 0.3) is 0 Å². The smallest absolute Gasteiger partial charge is 0.245 e. The molecule has 0 saturated carbocycles. The highest BCUT2D eigenvalue weighted by Crippen LogP contribution is 2.30. The molecular weight excluding hydrogens is 666 g/mol. The number of carbonyl (C=O) groups is 4. The van der Waals surface area contributed by atoms with Gasteiger partial charge < -0.3 is 40.1 Å². The van der Waals surface area contributed by atoms with Gasteiger partial charge in [0.1, 0.15) is 12.1 Å². The predicted molar refractivity (Wildman–Crippen MR) is 201 cm³/mol. The van der Waals surface area contributed by atoms with Gasteiger partial charge in [-0.1, -0.05) is 71.4 Å². The number of nitrogens with one attached hydrogen (secondary N) is 2. The molecule has 0 aliphatic carbocycles. The molecule has 0 spiro atoms. The molecule has 0 bridgehead atoms. The van der Waals surface area contributed by atoms with Crippen LogP contribution in [0.5, 0.6) is 0 Å². The predicted octanol–water partition coefficient (Wildman–Crippen LogP) is 2.60. The number of rotatable bonds is 20. The minimum absolute atomic E-state index is 0.000372. The van der Waals surface area contributed by atoms with Gasteiger partial charge in [-0.15, -0.1) is 0 Å². The zero-order valence-corrected chi connectivity index (χ0v) is 33.5. The van der Waals surface area contributed by atoms with Crippen molar-refractivity contribution < 1.29 is 38.9 Å². The molecule has 1 fully saturated rings. The maximum Gasteiger partial charge on any atom is 0.245 e. The summed E-state index contributed by atoms with van der Waals surface area (Å²) >= 11 is 0. The van der Waals surface area contributed by atoms with Crippen LogP contribution >= 0.6 is 0 Å². The van der Waals surface area contributed by atoms with Crippen LogP contribution in [0.1, 0.15) is 85.8 Å². The summed E-state index contributed by atoms with van der Waals surface area (Å²) in [5, 5.41) is 26.9. The van der Waals surface area contributed by atoms with Gasteiger partial charge in [-0.05, 0) is 58.2 Å². The summed E-state index contributed by atoms with van der Waals surface area (Å²) in [4.78, 5) is 60.0. The number of hydrogen-bond donors (Lipinski definition) is 4. The van der Waals surface area contributed by atoms with Crippen molar-refractivity contribution in [2.45, 2.75) is 129 Å². The Hall–Kier alpha value is -3.10. The highest BCUT2D eigenvalue weighted by Gasteiger charge is 2.43. The summed E-state index contributed by atoms with van der Waals surface area (Å²) in [6, 6.07) is 6.05. The summed E-state index contributed by atoms with van der Waals surface area (Å²) in [5.74, 6) is -2.13. The first kappa shape index (κ1) is 45.1. The number of ether oxygens (including phenoxy) is 2. The number of aliphatic hydroxyl groups is 2. The highest BCUT2D eigenvalue weighted by atomic mass is 16.5. The summed E-state index contributed by atoms with van der Waals surface area (Å²) < 4.78 is 11.9. The number of hydrogen-bond acceptors (Lipinski definition) is 9. The highest BCUT2D eigenvalue weighted by molar-refractivity contribution is 5.90. The van der Waals surface area contributed by atoms with Crippen molar-refractivity contribution in [3.63, 3.8) is 0 Å². The van der Waals surface area contributed by atoms with E-state index in [9.17, 15) is 29.4 Å². The Bertz CT molecular complexity index is 1270. The number of likely N-dealkylation sites (N-methyl/N-ethyl adjacent to an activating group) is 2. The van der Waals surface area contributed by atoms with Gasteiger partial charge in [0, 0.05) is 27.8 Å². The molecule has 0 radical (unpaired) electrons. The quantitative estimate of drug-likeness (QED) is 0.158. The second-order valence-corrected chi connectivity index (χ2v) is 15.1. The van der Waals surface area contributed by atoms with Crippen LogP contribution in [0, 0.1) is 17.8 Å². The lowest BCUT2D eigenvalue weighted by Gasteiger charge is -2.41. The molecule has 11 atom stereocenters. The van der Waals surface area contributed by atoms with Crippen molar-refractivity contribution >= 4 is 23.6 Å². The lowest BCUT2D eigenvalue weighted by Crippen LogP contribution is -2.60. The summed E-state index contributed by atoms with van der Waals surface area (Å²) in [5.41, 5.74) is 0.702. The Morgan fingerprint density at radius 1 is 0.923 bits per heavy atom. The molecule has 0 aromatic heterocycles. The van der Waals surface area contributed by atoms with Crippen molar-refractivity contribution in [2.24, 2.45) is 17.8 Å². The monoisotopic (exact) mass is 733 g/mol. The van der Waals surface area contributed by atoms with E-state index in [1.165, 1.54) is 14.0 Å². The normalized spacial score (nSPS) is 20.6. The number of benzene rings is 1. The van der Waals surface area contributed by atoms with Gasteiger partial charge >= 0.3 is 0 Å². The maximum absolute atomic E-state index is 14.1. The number of likely N-dealkylation sites (tertiary alicyclic amines) is 1. The van der Waals surface area contributed by atoms with Crippen LogP contribution in [0.15, 0.2) is 30.3 Å². The van der Waals surface area contributed by atoms with Crippen molar-refractivity contribution in [2.75, 3.05) is 41.9 Å². The van der Waals surface area contributed by atoms with Crippen LogP contribution in [0.4, 0.5) is 0 Å². The van der Waals surface area contributed by atoms with Crippen LogP contribution < -0.4 is 10.6 Å². The Kier molecular flexibility index (Phi) is 18.2. The number of nitrogens with zero attached hydrogens (tertiary/aromatic N) is 3. The number of aliphatic hydroxyl groups excluding tert-OH is 2. The molecule has 1 saturated heterocycles. The molecule has 4 amide bonds. The molecule has 0 unspecified atom stereocenters. The number of methoxy groups -OCH3 is 2. The first-order valence-corrected chi connectivity index (χ1v) is 18.7. The first-order chi connectivity index (χ1) is 24.4. The number of carbonyl (C=O) groups excluding carboxylic acids is 4. The second kappa shape index (κ2) is 21.0. The molecule has 1 heterocycles. The molecule has 296 valence electrons. The van der Waals surface area contributed by atoms with E-state index < -0.39 is 60.4 Å². The van der Waals surface area contributed by atoms with E-state index in [0.717, 1.165) is 6.42 Å². The average molecular weight is 734 g/mol. The van der Waals surface area contributed by atoms with E-state index in [-0.39, 0.29) is 42.0 Å². The topological polar surface area (TPSA) is 161 Å². The molecule has 2 rings (SSSR count). The van der Waals surface area contributed by atoms with E-state index in [1.807, 2.05) is 58.0 Å². The standard InChI is InChI=1S/C39H67N5O8/c1-13-24(4)33(43(10)39(50)32(23(2)3)41-38(49)34(27(7)45)42(8)9)30(51-11)22-31(46)44-21-17-20-29(44)36(52-12)25(5)37(48)40-26(6)35(47)28-18-15-14-16-19-28/h14-16,18-19,23-27,29-30,32-36,45,47H,13,17,20-22H2,1-12H3,(H,40,48)(H,41,49)/t24-,25+,26+,27+,29-,30+,32-,33-,34-,35+,36+/m0/s1. The maximum atomic E-state index is 14.1. The summed E-state index contributed by atoms with van der Waals surface area (Å²) in [6.07, 6.45) is -0.972. The third-order valence-electron chi connectivity index (χ3n) is 10.8. The van der Waals surface area contributed by atoms with Crippen LogP contribution in [-0.4, -0.2) is 139 Å². The summed E-state index contributed by atoms with van der Waals surface area (Å²) in [6.45, 7) is 13.3. The van der Waals surface area contributed by atoms with Crippen molar-refractivity contribution in [3.8, 4) is 0 Å². The van der Waals surface area contributed by atoms with Gasteiger partial charge in [-0.25, -0.2) is 0 Å². The van der Waals surface area contributed by atoms with Crippen LogP contribution in [0.3, 0.4) is 0 Å². The lowest BCUT2D eigenvalue weighted by molar-refractivity contribution is -0.148. The van der Waals surface area contributed by atoms with Gasteiger partial charge in [0.05, 0.1) is 54.9 Å². The Balaban J connectivity index is 2.25. The SMILES string of the molecule is CC[C@H](C)[C@@H]([C@@H](CC(=O)N1CCC[C@H]1[C@H](OC)[C@@H](C)C(=O)N[C@H](C)[C@@H](O)c1ccccc1)OC)N(C)C(=O)[C@@H](NC(=O)[C@H]([C@@H](C)O)N(C)C)C(C)C. The van der Waals surface area contributed by atoms with Gasteiger partial charge in [0.15, 0.2) is 0 Å². The fourth-order valence-electron chi connectivity index (χ4n) is 7.54. The van der Waals surface area contributed by atoms with E-state index in [1.54, 1.807) is 56.8 Å². The molecule has 1 aliphatic heterocycles. The first-order valence-electron chi connectivity index (χ1n) is 18.7. The lowest BCUT2D eigenvalue weighted by atomic mass is 9.89. The van der Waals surface area contributed by atoms with Gasteiger partial charge in [-0.2, -0.15) is 0 Å². The molecule has 1 aromatic carbocycles. The van der Waals surface area contributed by atoms with E-state index in [0.29, 0.717) is 24.9 Å². The number of amides is 4. The van der Waals surface area contributed by atoms with E-state index in [2.05, 4.69) is 10.6 Å². The average Bonchev–Trinajstić information content (AvgIpc) is 3.59. The van der Waals surface area contributed by atoms with Crippen molar-refractivity contribution in [1.29, 1.82) is 0 Å². The molecule has 1 aromatic rings. The van der Waals surface area contributed by atoms with E-state index in [4.69, 9.17) is 9.47 Å². The van der Waals surface area contributed by atoms with Crippen LogP contribution in [-0.2, 0) is 28.7 Å². The second-order valence-electron chi connectivity index (χ2n) is 15.1. The minimum atomic E-state index is -0.951. The zero-order chi connectivity index (χ0) is 39.4. The molecular formula is C39H67N5O8. The van der Waals surface area contributed by atoms with E-state index >= 15 is 0 Å². The fourth-order valence-corrected chi connectivity index (χ4v) is 7.54. The zero-order valence-electron chi connectivity index (χ0n) is 33.5. The van der Waals surface area contributed by atoms with Gasteiger partial charge in [0.2, 0.25) is 23.6 Å². The molecule has 1 aliphatic rings. The van der Waals surface area contributed by atoms with Gasteiger partial charge in [-0.3, -0.25) is 24.1 Å². The summed E-state index contributed by atoms with van der Waals surface area (Å²) in [7, 11) is 8.16. The minimum Gasteiger partial charge on any atom is -0.391 e. The largest absolute Gasteiger partial charge is 0.391 e. The Morgan fingerprint density at radius 2 is 1.54 bits per heavy atom. The third kappa shape index (κ3) is 11.4.